The lowest BCUT2D eigenvalue weighted by Crippen LogP contribution is -2.17. The summed E-state index contributed by atoms with van der Waals surface area (Å²) in [5.74, 6) is 1.73. The van der Waals surface area contributed by atoms with E-state index in [2.05, 4.69) is 47.2 Å². The van der Waals surface area contributed by atoms with Gasteiger partial charge in [-0.3, -0.25) is 0 Å². The lowest BCUT2D eigenvalue weighted by atomic mass is 10.1. The van der Waals surface area contributed by atoms with E-state index in [9.17, 15) is 0 Å². The molecule has 2 aromatic carbocycles. The van der Waals surface area contributed by atoms with E-state index >= 15 is 0 Å². The molecule has 3 heteroatoms. The highest BCUT2D eigenvalue weighted by atomic mass is 79.9. The molecule has 0 bridgehead atoms. The Morgan fingerprint density at radius 1 is 1.15 bits per heavy atom. The zero-order chi connectivity index (χ0) is 14.5. The van der Waals surface area contributed by atoms with E-state index < -0.39 is 0 Å². The Balaban J connectivity index is 2.20. The molecule has 0 radical (unpaired) electrons. The van der Waals surface area contributed by atoms with Gasteiger partial charge in [0.2, 0.25) is 0 Å². The van der Waals surface area contributed by atoms with Crippen molar-refractivity contribution in [2.45, 2.75) is 26.8 Å². The van der Waals surface area contributed by atoms with Crippen LogP contribution in [0.15, 0.2) is 46.9 Å². The Morgan fingerprint density at radius 3 is 2.55 bits per heavy atom. The van der Waals surface area contributed by atoms with Crippen LogP contribution >= 0.6 is 15.9 Å². The van der Waals surface area contributed by atoms with Gasteiger partial charge in [-0.15, -0.1) is 0 Å². The molecule has 0 saturated heterocycles. The number of rotatable bonds is 5. The standard InChI is InChI=1S/C17H20BrNO/c1-4-19-13(3)14-9-10-17(15(18)11-14)20-16-8-6-5-7-12(16)2/h5-11,13,19H,4H2,1-3H3. The third kappa shape index (κ3) is 3.62. The van der Waals surface area contributed by atoms with Gasteiger partial charge in [-0.1, -0.05) is 31.2 Å². The number of para-hydroxylation sites is 1. The van der Waals surface area contributed by atoms with E-state index in [-0.39, 0.29) is 0 Å². The monoisotopic (exact) mass is 333 g/mol. The Labute approximate surface area is 129 Å². The molecular weight excluding hydrogens is 314 g/mol. The number of halogens is 1. The van der Waals surface area contributed by atoms with Crippen LogP contribution in [0.5, 0.6) is 11.5 Å². The van der Waals surface area contributed by atoms with E-state index in [4.69, 9.17) is 4.74 Å². The van der Waals surface area contributed by atoms with Crippen LogP contribution in [0.4, 0.5) is 0 Å². The van der Waals surface area contributed by atoms with Gasteiger partial charge < -0.3 is 10.1 Å². The predicted molar refractivity (Wildman–Crippen MR) is 87.5 cm³/mol. The van der Waals surface area contributed by atoms with Crippen molar-refractivity contribution in [3.63, 3.8) is 0 Å². The number of hydrogen-bond acceptors (Lipinski definition) is 2. The molecular formula is C17H20BrNO. The lowest BCUT2D eigenvalue weighted by Gasteiger charge is -2.15. The average molecular weight is 334 g/mol. The second-order valence-electron chi connectivity index (χ2n) is 4.84. The molecule has 2 nitrogen and oxygen atoms in total. The van der Waals surface area contributed by atoms with Gasteiger partial charge in [-0.05, 0) is 65.6 Å². The fourth-order valence-electron chi connectivity index (χ4n) is 2.08. The Hall–Kier alpha value is -1.32. The summed E-state index contributed by atoms with van der Waals surface area (Å²) in [6.07, 6.45) is 0. The molecule has 0 heterocycles. The summed E-state index contributed by atoms with van der Waals surface area (Å²) in [7, 11) is 0. The van der Waals surface area contributed by atoms with Crippen molar-refractivity contribution in [3.05, 3.63) is 58.1 Å². The molecule has 0 aromatic heterocycles. The number of nitrogens with one attached hydrogen (secondary N) is 1. The van der Waals surface area contributed by atoms with Gasteiger partial charge >= 0.3 is 0 Å². The second kappa shape index (κ2) is 6.91. The Morgan fingerprint density at radius 2 is 1.90 bits per heavy atom. The third-order valence-electron chi connectivity index (χ3n) is 3.28. The van der Waals surface area contributed by atoms with Gasteiger partial charge in [0, 0.05) is 6.04 Å². The molecule has 1 N–H and O–H groups in total. The molecule has 0 amide bonds. The largest absolute Gasteiger partial charge is 0.456 e. The minimum atomic E-state index is 0.337. The number of aryl methyl sites for hydroxylation is 1. The summed E-state index contributed by atoms with van der Waals surface area (Å²) < 4.78 is 6.94. The predicted octanol–water partition coefficient (Wildman–Crippen LogP) is 5.22. The van der Waals surface area contributed by atoms with Gasteiger partial charge in [0.25, 0.3) is 0 Å². The highest BCUT2D eigenvalue weighted by Gasteiger charge is 2.09. The van der Waals surface area contributed by atoms with E-state index in [1.165, 1.54) is 5.56 Å². The van der Waals surface area contributed by atoms with Crippen molar-refractivity contribution in [2.75, 3.05) is 6.54 Å². The van der Waals surface area contributed by atoms with Gasteiger partial charge in [0.05, 0.1) is 4.47 Å². The smallest absolute Gasteiger partial charge is 0.141 e. The van der Waals surface area contributed by atoms with E-state index in [1.54, 1.807) is 0 Å². The molecule has 1 atom stereocenters. The van der Waals surface area contributed by atoms with E-state index in [0.717, 1.165) is 28.1 Å². The van der Waals surface area contributed by atoms with Gasteiger partial charge in [-0.25, -0.2) is 0 Å². The highest BCUT2D eigenvalue weighted by Crippen LogP contribution is 2.33. The number of ether oxygens (including phenoxy) is 1. The van der Waals surface area contributed by atoms with Gasteiger partial charge in [0.1, 0.15) is 11.5 Å². The SMILES string of the molecule is CCNC(C)c1ccc(Oc2ccccc2C)c(Br)c1. The van der Waals surface area contributed by atoms with Crippen molar-refractivity contribution in [2.24, 2.45) is 0 Å². The first-order valence-electron chi connectivity index (χ1n) is 6.88. The minimum absolute atomic E-state index is 0.337. The van der Waals surface area contributed by atoms with Crippen LogP contribution < -0.4 is 10.1 Å². The first-order chi connectivity index (χ1) is 9.61. The van der Waals surface area contributed by atoms with E-state index in [1.807, 2.05) is 37.3 Å². The molecule has 0 aliphatic rings. The quantitative estimate of drug-likeness (QED) is 0.809. The molecule has 20 heavy (non-hydrogen) atoms. The molecule has 1 unspecified atom stereocenters. The zero-order valence-corrected chi connectivity index (χ0v) is 13.7. The molecule has 0 spiro atoms. The average Bonchev–Trinajstić information content (AvgIpc) is 2.43. The van der Waals surface area contributed by atoms with Crippen LogP contribution in [0.1, 0.15) is 31.0 Å². The van der Waals surface area contributed by atoms with Crippen LogP contribution in [0.25, 0.3) is 0 Å². The van der Waals surface area contributed by atoms with Crippen molar-refractivity contribution in [3.8, 4) is 11.5 Å². The zero-order valence-electron chi connectivity index (χ0n) is 12.1. The fraction of sp³-hybridized carbons (Fsp3) is 0.294. The molecule has 0 aliphatic carbocycles. The molecule has 0 aliphatic heterocycles. The van der Waals surface area contributed by atoms with E-state index in [0.29, 0.717) is 6.04 Å². The first-order valence-corrected chi connectivity index (χ1v) is 7.67. The fourth-order valence-corrected chi connectivity index (χ4v) is 2.56. The van der Waals surface area contributed by atoms with Crippen molar-refractivity contribution >= 4 is 15.9 Å². The maximum absolute atomic E-state index is 5.97. The second-order valence-corrected chi connectivity index (χ2v) is 5.69. The molecule has 2 aromatic rings. The highest BCUT2D eigenvalue weighted by molar-refractivity contribution is 9.10. The van der Waals surface area contributed by atoms with Crippen LogP contribution in [0.2, 0.25) is 0 Å². The molecule has 0 saturated carbocycles. The number of benzene rings is 2. The normalized spacial score (nSPS) is 12.2. The maximum atomic E-state index is 5.97. The van der Waals surface area contributed by atoms with Crippen LogP contribution in [-0.2, 0) is 0 Å². The molecule has 0 fully saturated rings. The minimum Gasteiger partial charge on any atom is -0.456 e. The number of hydrogen-bond donors (Lipinski definition) is 1. The van der Waals surface area contributed by atoms with Crippen LogP contribution in [-0.4, -0.2) is 6.54 Å². The van der Waals surface area contributed by atoms with Crippen molar-refractivity contribution in [1.29, 1.82) is 0 Å². The topological polar surface area (TPSA) is 21.3 Å². The van der Waals surface area contributed by atoms with Crippen molar-refractivity contribution in [1.82, 2.24) is 5.32 Å². The summed E-state index contributed by atoms with van der Waals surface area (Å²) in [6, 6.07) is 14.6. The maximum Gasteiger partial charge on any atom is 0.141 e. The van der Waals surface area contributed by atoms with Crippen LogP contribution in [0, 0.1) is 6.92 Å². The van der Waals surface area contributed by atoms with Crippen molar-refractivity contribution < 1.29 is 4.74 Å². The Kier molecular flexibility index (Phi) is 5.21. The third-order valence-corrected chi connectivity index (χ3v) is 3.90. The molecule has 2 rings (SSSR count). The summed E-state index contributed by atoms with van der Waals surface area (Å²) in [4.78, 5) is 0. The first kappa shape index (κ1) is 15.1. The Bertz CT molecular complexity index is 583. The van der Waals surface area contributed by atoms with Crippen LogP contribution in [0.3, 0.4) is 0 Å². The van der Waals surface area contributed by atoms with Gasteiger partial charge in [-0.2, -0.15) is 0 Å². The molecule has 106 valence electrons. The summed E-state index contributed by atoms with van der Waals surface area (Å²) in [5, 5.41) is 3.41. The summed E-state index contributed by atoms with van der Waals surface area (Å²) in [5.41, 5.74) is 2.38. The van der Waals surface area contributed by atoms with Gasteiger partial charge in [0.15, 0.2) is 0 Å². The lowest BCUT2D eigenvalue weighted by molar-refractivity contribution is 0.475. The summed E-state index contributed by atoms with van der Waals surface area (Å²) >= 11 is 3.60. The summed E-state index contributed by atoms with van der Waals surface area (Å²) in [6.45, 7) is 7.28.